The molecule has 0 saturated carbocycles. The van der Waals surface area contributed by atoms with E-state index < -0.39 is 0 Å². The van der Waals surface area contributed by atoms with Gasteiger partial charge in [0.2, 0.25) is 0 Å². The summed E-state index contributed by atoms with van der Waals surface area (Å²) in [6.07, 6.45) is 34.0. The molecule has 0 spiro atoms. The van der Waals surface area contributed by atoms with E-state index >= 15 is 0 Å². The van der Waals surface area contributed by atoms with Gasteiger partial charge in [0.1, 0.15) is 23.0 Å². The van der Waals surface area contributed by atoms with Crippen LogP contribution in [0.25, 0.3) is 34.4 Å². The van der Waals surface area contributed by atoms with Crippen LogP contribution in [0.15, 0.2) is 228 Å². The summed E-state index contributed by atoms with van der Waals surface area (Å²) in [7, 11) is 6.74. The van der Waals surface area contributed by atoms with Crippen LogP contribution in [0.3, 0.4) is 0 Å². The zero-order chi connectivity index (χ0) is 46.4. The summed E-state index contributed by atoms with van der Waals surface area (Å²) in [4.78, 5) is 2.47. The van der Waals surface area contributed by atoms with Crippen LogP contribution in [0.2, 0.25) is 0 Å². The van der Waals surface area contributed by atoms with Gasteiger partial charge < -0.3 is 18.9 Å². The Bertz CT molecular complexity index is 2540. The van der Waals surface area contributed by atoms with Crippen LogP contribution in [-0.2, 0) is 0 Å². The first-order valence-corrected chi connectivity index (χ1v) is 23.9. The Morgan fingerprint density at radius 3 is 0.833 bits per heavy atom. The van der Waals surface area contributed by atoms with Crippen LogP contribution < -0.4 is 18.9 Å². The summed E-state index contributed by atoms with van der Waals surface area (Å²) in [5, 5.41) is 0. The van der Waals surface area contributed by atoms with Crippen molar-refractivity contribution in [2.75, 3.05) is 41.0 Å². The van der Waals surface area contributed by atoms with Crippen molar-refractivity contribution in [1.29, 1.82) is 0 Å². The van der Waals surface area contributed by atoms with E-state index in [1.165, 1.54) is 9.79 Å². The number of benzene rings is 6. The van der Waals surface area contributed by atoms with E-state index in [0.29, 0.717) is 0 Å². The summed E-state index contributed by atoms with van der Waals surface area (Å²) >= 11 is 3.48. The molecule has 0 saturated heterocycles. The number of ether oxygens (including phenoxy) is 4. The first-order valence-electron chi connectivity index (χ1n) is 21.5. The standard InChI is InChI=1S/C60H56O4S2/c1-61-55-33-25-51(26-34-55)47(13-9-15-49(53-29-37-57(63-3)38-30-53)23-17-45-19-41-59(65-5)42-20-45)11-7-8-12-48(52-27-35-56(62-2)36-28-52)14-10-16-50(54-31-39-58(64-4)40-32-54)24-18-46-21-43-60(66-6)44-22-46/h7-44H,1-6H3/b8-7+,13-9+,14-10+,23-17+,24-18+,47-11-,48-12-,49-15-,50-16-. The average Bonchev–Trinajstić information content (AvgIpc) is 3.38. The third-order valence-electron chi connectivity index (χ3n) is 10.6. The molecule has 0 radical (unpaired) electrons. The maximum absolute atomic E-state index is 5.49. The monoisotopic (exact) mass is 904 g/mol. The van der Waals surface area contributed by atoms with Gasteiger partial charge in [-0.05, 0) is 141 Å². The largest absolute Gasteiger partial charge is 0.497 e. The lowest BCUT2D eigenvalue weighted by Crippen LogP contribution is -1.86. The van der Waals surface area contributed by atoms with Crippen molar-refractivity contribution in [3.05, 3.63) is 252 Å². The molecule has 0 amide bonds. The molecule has 0 aliphatic carbocycles. The summed E-state index contributed by atoms with van der Waals surface area (Å²) in [6.45, 7) is 0. The van der Waals surface area contributed by atoms with Crippen LogP contribution in [0.1, 0.15) is 33.4 Å². The predicted molar refractivity (Wildman–Crippen MR) is 286 cm³/mol. The minimum absolute atomic E-state index is 0.804. The molecule has 0 fully saturated rings. The van der Waals surface area contributed by atoms with Gasteiger partial charge in [0.25, 0.3) is 0 Å². The summed E-state index contributed by atoms with van der Waals surface area (Å²) in [6, 6.07) is 49.7. The van der Waals surface area contributed by atoms with Gasteiger partial charge in [-0.15, -0.1) is 23.5 Å². The molecular formula is C60H56O4S2. The van der Waals surface area contributed by atoms with Crippen molar-refractivity contribution in [2.24, 2.45) is 0 Å². The van der Waals surface area contributed by atoms with Gasteiger partial charge in [-0.25, -0.2) is 0 Å². The van der Waals surface area contributed by atoms with Gasteiger partial charge in [-0.2, -0.15) is 0 Å². The third-order valence-corrected chi connectivity index (χ3v) is 12.1. The van der Waals surface area contributed by atoms with Crippen molar-refractivity contribution in [2.45, 2.75) is 9.79 Å². The van der Waals surface area contributed by atoms with Crippen LogP contribution in [-0.4, -0.2) is 41.0 Å². The van der Waals surface area contributed by atoms with E-state index in [9.17, 15) is 0 Å². The lowest BCUT2D eigenvalue weighted by Gasteiger charge is -2.06. The number of methoxy groups -OCH3 is 4. The van der Waals surface area contributed by atoms with E-state index in [1.807, 2.05) is 48.5 Å². The van der Waals surface area contributed by atoms with Gasteiger partial charge in [0, 0.05) is 9.79 Å². The lowest BCUT2D eigenvalue weighted by atomic mass is 10.0. The quantitative estimate of drug-likeness (QED) is 0.0561. The molecular weight excluding hydrogens is 849 g/mol. The van der Waals surface area contributed by atoms with Crippen molar-refractivity contribution in [1.82, 2.24) is 0 Å². The second-order valence-electron chi connectivity index (χ2n) is 14.7. The summed E-state index contributed by atoms with van der Waals surface area (Å²) < 4.78 is 21.9. The molecule has 0 bridgehead atoms. The molecule has 0 N–H and O–H groups in total. The molecule has 6 aromatic carbocycles. The maximum atomic E-state index is 5.49. The van der Waals surface area contributed by atoms with Gasteiger partial charge >= 0.3 is 0 Å². The smallest absolute Gasteiger partial charge is 0.118 e. The second kappa shape index (κ2) is 26.0. The van der Waals surface area contributed by atoms with E-state index in [2.05, 4.69) is 195 Å². The van der Waals surface area contributed by atoms with Gasteiger partial charge in [0.15, 0.2) is 0 Å². The molecule has 0 heterocycles. The summed E-state index contributed by atoms with van der Waals surface area (Å²) in [5.41, 5.74) is 10.8. The number of hydrogen-bond donors (Lipinski definition) is 0. The Labute approximate surface area is 400 Å². The van der Waals surface area contributed by atoms with Gasteiger partial charge in [-0.1, -0.05) is 158 Å². The van der Waals surface area contributed by atoms with Crippen LogP contribution in [0.5, 0.6) is 23.0 Å². The minimum atomic E-state index is 0.804. The second-order valence-corrected chi connectivity index (χ2v) is 16.5. The SMILES string of the molecule is COc1ccc(C(=C\C=C\C=C(\C=C\C=C(\C=C\c2ccc(SC)cc2)c2ccc(OC)cc2)c2ccc(OC)cc2)/C=C/C=C(/C=C/c2ccc(SC)cc2)c2ccc(OC)cc2)cc1. The van der Waals surface area contributed by atoms with Crippen molar-refractivity contribution in [3.8, 4) is 23.0 Å². The highest BCUT2D eigenvalue weighted by Crippen LogP contribution is 2.27. The first-order chi connectivity index (χ1) is 32.4. The molecule has 0 aliphatic rings. The zero-order valence-corrected chi connectivity index (χ0v) is 40.0. The molecule has 0 aliphatic heterocycles. The first kappa shape index (κ1) is 48.3. The Morgan fingerprint density at radius 2 is 0.576 bits per heavy atom. The van der Waals surface area contributed by atoms with E-state index in [0.717, 1.165) is 78.7 Å². The van der Waals surface area contributed by atoms with Gasteiger partial charge in [-0.3, -0.25) is 0 Å². The fourth-order valence-corrected chi connectivity index (χ4v) is 7.57. The highest BCUT2D eigenvalue weighted by atomic mass is 32.2. The molecule has 4 nitrogen and oxygen atoms in total. The maximum Gasteiger partial charge on any atom is 0.118 e. The average molecular weight is 905 g/mol. The van der Waals surface area contributed by atoms with Crippen molar-refractivity contribution < 1.29 is 18.9 Å². The molecule has 0 unspecified atom stereocenters. The number of allylic oxidation sites excluding steroid dienone is 16. The molecule has 0 aromatic heterocycles. The third kappa shape index (κ3) is 14.7. The van der Waals surface area contributed by atoms with E-state index in [4.69, 9.17) is 18.9 Å². The topological polar surface area (TPSA) is 36.9 Å². The van der Waals surface area contributed by atoms with Crippen LogP contribution in [0.4, 0.5) is 0 Å². The fourth-order valence-electron chi connectivity index (χ4n) is 6.76. The van der Waals surface area contributed by atoms with Crippen molar-refractivity contribution in [3.63, 3.8) is 0 Å². The Balaban J connectivity index is 1.35. The molecule has 6 rings (SSSR count). The molecule has 332 valence electrons. The highest BCUT2D eigenvalue weighted by Gasteiger charge is 2.04. The summed E-state index contributed by atoms with van der Waals surface area (Å²) in [5.74, 6) is 3.24. The molecule has 0 atom stereocenters. The predicted octanol–water partition coefficient (Wildman–Crippen LogP) is 15.9. The van der Waals surface area contributed by atoms with Crippen LogP contribution in [0, 0.1) is 0 Å². The van der Waals surface area contributed by atoms with E-state index in [-0.39, 0.29) is 0 Å². The van der Waals surface area contributed by atoms with Crippen LogP contribution >= 0.6 is 23.5 Å². The Kier molecular flexibility index (Phi) is 19.0. The highest BCUT2D eigenvalue weighted by molar-refractivity contribution is 7.98. The molecule has 66 heavy (non-hydrogen) atoms. The number of hydrogen-bond acceptors (Lipinski definition) is 6. The van der Waals surface area contributed by atoms with E-state index in [1.54, 1.807) is 52.0 Å². The molecule has 6 aromatic rings. The lowest BCUT2D eigenvalue weighted by molar-refractivity contribution is 0.414. The Morgan fingerprint density at radius 1 is 0.318 bits per heavy atom. The Hall–Kier alpha value is -7.12. The normalized spacial score (nSPS) is 12.9. The zero-order valence-electron chi connectivity index (χ0n) is 38.4. The number of rotatable bonds is 20. The molecule has 6 heteroatoms. The van der Waals surface area contributed by atoms with Crippen molar-refractivity contribution >= 4 is 58.0 Å². The fraction of sp³-hybridized carbons (Fsp3) is 0.100. The minimum Gasteiger partial charge on any atom is -0.497 e. The van der Waals surface area contributed by atoms with Gasteiger partial charge in [0.05, 0.1) is 28.4 Å². The number of thioether (sulfide) groups is 2.